The van der Waals surface area contributed by atoms with Gasteiger partial charge in [-0.1, -0.05) is 13.8 Å². The highest BCUT2D eigenvalue weighted by molar-refractivity contribution is 5.91. The molecule has 1 fully saturated rings. The van der Waals surface area contributed by atoms with Crippen LogP contribution in [0.5, 0.6) is 0 Å². The second kappa shape index (κ2) is 8.12. The Morgan fingerprint density at radius 2 is 2.21 bits per heavy atom. The van der Waals surface area contributed by atoms with E-state index in [-0.39, 0.29) is 17.9 Å². The van der Waals surface area contributed by atoms with Gasteiger partial charge in [-0.2, -0.15) is 0 Å². The summed E-state index contributed by atoms with van der Waals surface area (Å²) in [5.41, 5.74) is 0. The zero-order valence-electron chi connectivity index (χ0n) is 15.0. The minimum atomic E-state index is -0.0255. The molecule has 8 nitrogen and oxygen atoms in total. The average molecular weight is 336 g/mol. The van der Waals surface area contributed by atoms with Crippen molar-refractivity contribution in [1.82, 2.24) is 25.0 Å². The minimum Gasteiger partial charge on any atom is -0.338 e. The number of piperidine rings is 1. The van der Waals surface area contributed by atoms with E-state index in [1.54, 1.807) is 25.0 Å². The monoisotopic (exact) mass is 336 g/mol. The van der Waals surface area contributed by atoms with Crippen LogP contribution in [0.15, 0.2) is 6.33 Å². The number of hydrogen-bond donors (Lipinski definition) is 1. The molecule has 2 heterocycles. The van der Waals surface area contributed by atoms with Crippen LogP contribution in [0.25, 0.3) is 0 Å². The Morgan fingerprint density at radius 3 is 2.83 bits per heavy atom. The molecule has 0 saturated carbocycles. The van der Waals surface area contributed by atoms with Crippen molar-refractivity contribution in [2.24, 2.45) is 18.9 Å². The predicted molar refractivity (Wildman–Crippen MR) is 91.6 cm³/mol. The van der Waals surface area contributed by atoms with Crippen molar-refractivity contribution in [2.45, 2.75) is 33.1 Å². The second-order valence-electron chi connectivity index (χ2n) is 6.93. The lowest BCUT2D eigenvalue weighted by Crippen LogP contribution is -2.47. The van der Waals surface area contributed by atoms with Crippen LogP contribution in [0.2, 0.25) is 0 Å². The zero-order chi connectivity index (χ0) is 17.7. The van der Waals surface area contributed by atoms with E-state index < -0.39 is 0 Å². The summed E-state index contributed by atoms with van der Waals surface area (Å²) in [5.74, 6) is 1.14. The van der Waals surface area contributed by atoms with Crippen molar-refractivity contribution in [3.63, 3.8) is 0 Å². The van der Waals surface area contributed by atoms with E-state index in [9.17, 15) is 9.59 Å². The number of urea groups is 1. The summed E-state index contributed by atoms with van der Waals surface area (Å²) in [5, 5.41) is 10.7. The van der Waals surface area contributed by atoms with E-state index in [0.29, 0.717) is 31.4 Å². The number of nitrogens with one attached hydrogen (secondary N) is 1. The van der Waals surface area contributed by atoms with Crippen LogP contribution in [-0.2, 0) is 11.8 Å². The summed E-state index contributed by atoms with van der Waals surface area (Å²) >= 11 is 0. The number of anilines is 1. The van der Waals surface area contributed by atoms with Crippen molar-refractivity contribution in [2.75, 3.05) is 31.6 Å². The van der Waals surface area contributed by atoms with Gasteiger partial charge in [0.2, 0.25) is 11.9 Å². The van der Waals surface area contributed by atoms with Gasteiger partial charge in [-0.15, -0.1) is 10.2 Å². The topological polar surface area (TPSA) is 83.4 Å². The van der Waals surface area contributed by atoms with Crippen LogP contribution in [0.4, 0.5) is 10.7 Å². The first kappa shape index (κ1) is 18.2. The summed E-state index contributed by atoms with van der Waals surface area (Å²) < 4.78 is 1.71. The fraction of sp³-hybridized carbons (Fsp3) is 0.750. The number of nitrogens with zero attached hydrogens (tertiary/aromatic N) is 5. The van der Waals surface area contributed by atoms with Crippen molar-refractivity contribution in [1.29, 1.82) is 0 Å². The number of carbonyl (C=O) groups excluding carboxylic acids is 2. The van der Waals surface area contributed by atoms with Crippen LogP contribution >= 0.6 is 0 Å². The molecule has 134 valence electrons. The summed E-state index contributed by atoms with van der Waals surface area (Å²) in [6, 6.07) is -0.0255. The van der Waals surface area contributed by atoms with E-state index in [4.69, 9.17) is 0 Å². The fourth-order valence-corrected chi connectivity index (χ4v) is 2.90. The zero-order valence-corrected chi connectivity index (χ0v) is 15.0. The summed E-state index contributed by atoms with van der Waals surface area (Å²) in [4.78, 5) is 28.0. The molecular weight excluding hydrogens is 308 g/mol. The Kier molecular flexibility index (Phi) is 6.16. The first-order chi connectivity index (χ1) is 11.4. The van der Waals surface area contributed by atoms with Gasteiger partial charge >= 0.3 is 6.03 Å². The van der Waals surface area contributed by atoms with E-state index in [1.165, 1.54) is 4.90 Å². The maximum absolute atomic E-state index is 12.5. The van der Waals surface area contributed by atoms with Crippen LogP contribution in [0.3, 0.4) is 0 Å². The number of carbonyl (C=O) groups is 2. The molecular formula is C16H28N6O2. The van der Waals surface area contributed by atoms with Crippen molar-refractivity contribution in [3.05, 3.63) is 6.33 Å². The second-order valence-corrected chi connectivity index (χ2v) is 6.93. The van der Waals surface area contributed by atoms with Gasteiger partial charge in [0, 0.05) is 40.2 Å². The fourth-order valence-electron chi connectivity index (χ4n) is 2.90. The van der Waals surface area contributed by atoms with Gasteiger partial charge in [0.25, 0.3) is 0 Å². The third kappa shape index (κ3) is 4.69. The number of aryl methyl sites for hydroxylation is 1. The molecule has 1 N–H and O–H groups in total. The number of likely N-dealkylation sites (tertiary alicyclic amines) is 1. The average Bonchev–Trinajstić information content (AvgIpc) is 2.98. The molecule has 1 atom stereocenters. The molecule has 1 aromatic heterocycles. The first-order valence-corrected chi connectivity index (χ1v) is 8.51. The maximum Gasteiger partial charge on any atom is 0.317 e. The first-order valence-electron chi connectivity index (χ1n) is 8.51. The standard InChI is InChI=1S/C16H28N6O2/c1-12(2)9-17-16(24)22-7-5-6-13(10-22)8-14(23)21(4)15-19-18-11-20(15)3/h11-13H,5-10H2,1-4H3,(H,17,24). The van der Waals surface area contributed by atoms with Crippen LogP contribution in [0, 0.1) is 11.8 Å². The molecule has 1 aliphatic heterocycles. The van der Waals surface area contributed by atoms with E-state index >= 15 is 0 Å². The highest BCUT2D eigenvalue weighted by Gasteiger charge is 2.27. The molecule has 0 radical (unpaired) electrons. The normalized spacial score (nSPS) is 17.9. The van der Waals surface area contributed by atoms with Gasteiger partial charge in [0.15, 0.2) is 0 Å². The molecule has 0 aliphatic carbocycles. The number of hydrogen-bond acceptors (Lipinski definition) is 4. The van der Waals surface area contributed by atoms with Gasteiger partial charge in [0.1, 0.15) is 6.33 Å². The van der Waals surface area contributed by atoms with Crippen LogP contribution in [-0.4, -0.2) is 58.3 Å². The van der Waals surface area contributed by atoms with Crippen LogP contribution < -0.4 is 10.2 Å². The van der Waals surface area contributed by atoms with Crippen molar-refractivity contribution < 1.29 is 9.59 Å². The predicted octanol–water partition coefficient (Wildman–Crippen LogP) is 1.25. The highest BCUT2D eigenvalue weighted by atomic mass is 16.2. The largest absolute Gasteiger partial charge is 0.338 e. The van der Waals surface area contributed by atoms with Crippen LogP contribution in [0.1, 0.15) is 33.1 Å². The molecule has 0 aromatic carbocycles. The highest BCUT2D eigenvalue weighted by Crippen LogP contribution is 2.21. The summed E-state index contributed by atoms with van der Waals surface area (Å²) in [6.07, 6.45) is 3.88. The lowest BCUT2D eigenvalue weighted by atomic mass is 9.94. The quantitative estimate of drug-likeness (QED) is 0.877. The third-order valence-electron chi connectivity index (χ3n) is 4.29. The molecule has 2 rings (SSSR count). The maximum atomic E-state index is 12.5. The molecule has 1 unspecified atom stereocenters. The third-order valence-corrected chi connectivity index (χ3v) is 4.29. The number of amides is 3. The summed E-state index contributed by atoms with van der Waals surface area (Å²) in [6.45, 7) is 6.20. The smallest absolute Gasteiger partial charge is 0.317 e. The number of aromatic nitrogens is 3. The molecule has 0 bridgehead atoms. The van der Waals surface area contributed by atoms with Crippen molar-refractivity contribution >= 4 is 17.9 Å². The van der Waals surface area contributed by atoms with Gasteiger partial charge in [-0.25, -0.2) is 4.79 Å². The lowest BCUT2D eigenvalue weighted by Gasteiger charge is -2.33. The minimum absolute atomic E-state index is 0.000499. The Labute approximate surface area is 143 Å². The molecule has 0 spiro atoms. The molecule has 1 saturated heterocycles. The lowest BCUT2D eigenvalue weighted by molar-refractivity contribution is -0.119. The van der Waals surface area contributed by atoms with Gasteiger partial charge in [-0.3, -0.25) is 9.69 Å². The van der Waals surface area contributed by atoms with Gasteiger partial charge < -0.3 is 14.8 Å². The Morgan fingerprint density at radius 1 is 1.46 bits per heavy atom. The Hall–Kier alpha value is -2.12. The Bertz CT molecular complexity index is 571. The molecule has 3 amide bonds. The number of rotatable bonds is 5. The SMILES string of the molecule is CC(C)CNC(=O)N1CCCC(CC(=O)N(C)c2nncn2C)C1. The molecule has 1 aliphatic rings. The van der Waals surface area contributed by atoms with E-state index in [2.05, 4.69) is 29.4 Å². The molecule has 1 aromatic rings. The van der Waals surface area contributed by atoms with Crippen molar-refractivity contribution in [3.8, 4) is 0 Å². The molecule has 24 heavy (non-hydrogen) atoms. The van der Waals surface area contributed by atoms with Gasteiger partial charge in [-0.05, 0) is 24.7 Å². The molecule has 8 heteroatoms. The van der Waals surface area contributed by atoms with Gasteiger partial charge in [0.05, 0.1) is 0 Å². The van der Waals surface area contributed by atoms with E-state index in [0.717, 1.165) is 19.4 Å². The van der Waals surface area contributed by atoms with E-state index in [1.807, 2.05) is 4.90 Å². The summed E-state index contributed by atoms with van der Waals surface area (Å²) in [7, 11) is 3.52. The Balaban J connectivity index is 1.87.